The van der Waals surface area contributed by atoms with Crippen molar-refractivity contribution in [2.75, 3.05) is 0 Å². The van der Waals surface area contributed by atoms with Gasteiger partial charge in [0.2, 0.25) is 5.91 Å². The van der Waals surface area contributed by atoms with Gasteiger partial charge in [0.05, 0.1) is 6.42 Å². The normalized spacial score (nSPS) is 19.7. The van der Waals surface area contributed by atoms with Crippen molar-refractivity contribution in [3.05, 3.63) is 46.1 Å². The molecule has 1 aliphatic carbocycles. The Balaban J connectivity index is 1.61. The quantitative estimate of drug-likeness (QED) is 0.777. The molecule has 1 aliphatic rings. The number of aromatic nitrogens is 3. The first-order valence-corrected chi connectivity index (χ1v) is 10.6. The molecule has 2 heterocycles. The highest BCUT2D eigenvalue weighted by molar-refractivity contribution is 5.79. The van der Waals surface area contributed by atoms with E-state index in [9.17, 15) is 9.59 Å². The van der Waals surface area contributed by atoms with E-state index in [-0.39, 0.29) is 23.9 Å². The van der Waals surface area contributed by atoms with Crippen molar-refractivity contribution < 1.29 is 4.79 Å². The molecule has 0 aromatic carbocycles. The lowest BCUT2D eigenvalue weighted by atomic mass is 9.69. The molecule has 156 valence electrons. The maximum atomic E-state index is 12.6. The molecule has 6 nitrogen and oxygen atoms in total. The van der Waals surface area contributed by atoms with Crippen molar-refractivity contribution >= 4 is 5.91 Å². The lowest BCUT2D eigenvalue weighted by molar-refractivity contribution is -0.121. The summed E-state index contributed by atoms with van der Waals surface area (Å²) in [6, 6.07) is 3.84. The van der Waals surface area contributed by atoms with E-state index in [1.807, 2.05) is 6.07 Å². The van der Waals surface area contributed by atoms with Crippen LogP contribution in [0.25, 0.3) is 11.4 Å². The number of aromatic amines is 1. The number of nitrogens with zero attached hydrogens (tertiary/aromatic N) is 2. The zero-order valence-electron chi connectivity index (χ0n) is 17.9. The zero-order valence-corrected chi connectivity index (χ0v) is 17.9. The monoisotopic (exact) mass is 396 g/mol. The van der Waals surface area contributed by atoms with E-state index in [4.69, 9.17) is 0 Å². The Bertz CT molecular complexity index is 897. The average molecular weight is 397 g/mol. The molecule has 6 heteroatoms. The van der Waals surface area contributed by atoms with Crippen LogP contribution in [-0.2, 0) is 11.2 Å². The minimum atomic E-state index is -0.264. The number of carbonyl (C=O) groups is 1. The van der Waals surface area contributed by atoms with Gasteiger partial charge in [-0.1, -0.05) is 27.2 Å². The molecule has 2 aromatic rings. The summed E-state index contributed by atoms with van der Waals surface area (Å²) in [6.45, 7) is 8.71. The topological polar surface area (TPSA) is 87.7 Å². The zero-order chi connectivity index (χ0) is 21.0. The number of hydrogen-bond acceptors (Lipinski definition) is 4. The lowest BCUT2D eigenvalue weighted by Crippen LogP contribution is -2.41. The second-order valence-electron chi connectivity index (χ2n) is 8.86. The molecule has 0 unspecified atom stereocenters. The van der Waals surface area contributed by atoms with Gasteiger partial charge in [0.15, 0.2) is 0 Å². The molecule has 1 amide bonds. The van der Waals surface area contributed by atoms with Crippen LogP contribution < -0.4 is 10.9 Å². The van der Waals surface area contributed by atoms with E-state index in [1.165, 1.54) is 6.42 Å². The van der Waals surface area contributed by atoms with Crippen LogP contribution >= 0.6 is 0 Å². The predicted molar refractivity (Wildman–Crippen MR) is 114 cm³/mol. The maximum absolute atomic E-state index is 12.6. The number of H-pyrrole nitrogens is 1. The van der Waals surface area contributed by atoms with E-state index in [0.29, 0.717) is 22.5 Å². The third-order valence-corrected chi connectivity index (χ3v) is 6.60. The average Bonchev–Trinajstić information content (AvgIpc) is 2.71. The summed E-state index contributed by atoms with van der Waals surface area (Å²) in [6.07, 6.45) is 8.87. The molecule has 0 spiro atoms. The third kappa shape index (κ3) is 5.11. The minimum Gasteiger partial charge on any atom is -0.353 e. The highest BCUT2D eigenvalue weighted by atomic mass is 16.2. The van der Waals surface area contributed by atoms with E-state index >= 15 is 0 Å². The SMILES string of the molecule is CCC(C)(C)C1CCC(NC(=O)Cc2c(C)nc(-c3cccnc3)[nH]c2=O)CC1. The Morgan fingerprint density at radius 2 is 2.00 bits per heavy atom. The molecule has 2 N–H and O–H groups in total. The molecule has 2 aromatic heterocycles. The smallest absolute Gasteiger partial charge is 0.255 e. The Morgan fingerprint density at radius 3 is 2.59 bits per heavy atom. The standard InChI is InChI=1S/C23H32N4O2/c1-5-23(3,4)17-8-10-18(11-9-17)26-20(28)13-19-15(2)25-21(27-22(19)29)16-7-6-12-24-14-16/h6-7,12,14,17-18H,5,8-11,13H2,1-4H3,(H,26,28)(H,25,27,29). The molecule has 0 aliphatic heterocycles. The van der Waals surface area contributed by atoms with Crippen LogP contribution in [0.4, 0.5) is 0 Å². The first-order valence-electron chi connectivity index (χ1n) is 10.6. The van der Waals surface area contributed by atoms with E-state index in [0.717, 1.165) is 37.2 Å². The molecule has 0 radical (unpaired) electrons. The number of rotatable bonds is 6. The molecule has 1 fully saturated rings. The molecular weight excluding hydrogens is 364 g/mol. The Morgan fingerprint density at radius 1 is 1.28 bits per heavy atom. The van der Waals surface area contributed by atoms with Crippen molar-refractivity contribution in [1.29, 1.82) is 0 Å². The highest BCUT2D eigenvalue weighted by Gasteiger charge is 2.32. The van der Waals surface area contributed by atoms with E-state index in [1.54, 1.807) is 25.4 Å². The van der Waals surface area contributed by atoms with Gasteiger partial charge in [-0.2, -0.15) is 0 Å². The molecule has 3 rings (SSSR count). The summed E-state index contributed by atoms with van der Waals surface area (Å²) in [5.41, 5.74) is 1.85. The predicted octanol–water partition coefficient (Wildman–Crippen LogP) is 3.79. The van der Waals surface area contributed by atoms with Crippen molar-refractivity contribution in [3.8, 4) is 11.4 Å². The number of aryl methyl sites for hydroxylation is 1. The Labute approximate surface area is 172 Å². The van der Waals surface area contributed by atoms with Crippen LogP contribution in [0.15, 0.2) is 29.3 Å². The molecule has 0 bridgehead atoms. The largest absolute Gasteiger partial charge is 0.353 e. The fraction of sp³-hybridized carbons (Fsp3) is 0.565. The number of carbonyl (C=O) groups excluding carboxylic acids is 1. The second-order valence-corrected chi connectivity index (χ2v) is 8.86. The fourth-order valence-electron chi connectivity index (χ4n) is 4.21. The van der Waals surface area contributed by atoms with Gasteiger partial charge in [-0.3, -0.25) is 14.6 Å². The van der Waals surface area contributed by atoms with Crippen LogP contribution in [0.1, 0.15) is 64.1 Å². The van der Waals surface area contributed by atoms with Gasteiger partial charge >= 0.3 is 0 Å². The van der Waals surface area contributed by atoms with Crippen molar-refractivity contribution in [2.24, 2.45) is 11.3 Å². The van der Waals surface area contributed by atoms with Crippen LogP contribution in [0.3, 0.4) is 0 Å². The van der Waals surface area contributed by atoms with Crippen LogP contribution in [0, 0.1) is 18.3 Å². The summed E-state index contributed by atoms with van der Waals surface area (Å²) in [7, 11) is 0. The van der Waals surface area contributed by atoms with Gasteiger partial charge in [-0.15, -0.1) is 0 Å². The maximum Gasteiger partial charge on any atom is 0.255 e. The number of nitrogens with one attached hydrogen (secondary N) is 2. The molecule has 1 saturated carbocycles. The van der Waals surface area contributed by atoms with Crippen molar-refractivity contribution in [2.45, 2.75) is 72.3 Å². The minimum absolute atomic E-state index is 0.0574. The molecule has 29 heavy (non-hydrogen) atoms. The summed E-state index contributed by atoms with van der Waals surface area (Å²) >= 11 is 0. The lowest BCUT2D eigenvalue weighted by Gasteiger charge is -2.39. The van der Waals surface area contributed by atoms with Gasteiger partial charge in [0, 0.05) is 35.3 Å². The van der Waals surface area contributed by atoms with E-state index < -0.39 is 0 Å². The summed E-state index contributed by atoms with van der Waals surface area (Å²) in [5, 5.41) is 3.13. The summed E-state index contributed by atoms with van der Waals surface area (Å²) < 4.78 is 0. The highest BCUT2D eigenvalue weighted by Crippen LogP contribution is 2.40. The Hall–Kier alpha value is -2.50. The summed E-state index contributed by atoms with van der Waals surface area (Å²) in [5.74, 6) is 1.09. The van der Waals surface area contributed by atoms with Crippen LogP contribution in [0.2, 0.25) is 0 Å². The van der Waals surface area contributed by atoms with Gasteiger partial charge in [0.1, 0.15) is 5.82 Å². The molecular formula is C23H32N4O2. The molecule has 0 saturated heterocycles. The third-order valence-electron chi connectivity index (χ3n) is 6.60. The van der Waals surface area contributed by atoms with Crippen LogP contribution in [0.5, 0.6) is 0 Å². The molecule has 0 atom stereocenters. The van der Waals surface area contributed by atoms with Gasteiger partial charge in [0.25, 0.3) is 5.56 Å². The first kappa shape index (κ1) is 21.2. The number of amides is 1. The summed E-state index contributed by atoms with van der Waals surface area (Å²) in [4.78, 5) is 36.4. The van der Waals surface area contributed by atoms with Crippen LogP contribution in [-0.4, -0.2) is 26.9 Å². The fourth-order valence-corrected chi connectivity index (χ4v) is 4.21. The Kier molecular flexibility index (Phi) is 6.50. The number of pyridine rings is 1. The van der Waals surface area contributed by atoms with Gasteiger partial charge in [-0.05, 0) is 56.1 Å². The number of hydrogen-bond donors (Lipinski definition) is 2. The first-order chi connectivity index (χ1) is 13.8. The van der Waals surface area contributed by atoms with Gasteiger partial charge < -0.3 is 10.3 Å². The van der Waals surface area contributed by atoms with Gasteiger partial charge in [-0.25, -0.2) is 4.98 Å². The van der Waals surface area contributed by atoms with Crippen molar-refractivity contribution in [3.63, 3.8) is 0 Å². The van der Waals surface area contributed by atoms with E-state index in [2.05, 4.69) is 41.0 Å². The second kappa shape index (κ2) is 8.89. The van der Waals surface area contributed by atoms with Crippen molar-refractivity contribution in [1.82, 2.24) is 20.3 Å².